The normalized spacial score (nSPS) is 15.2. The van der Waals surface area contributed by atoms with Crippen molar-refractivity contribution in [3.05, 3.63) is 85.0 Å². The maximum Gasteiger partial charge on any atom is 0.265 e. The van der Waals surface area contributed by atoms with Crippen LogP contribution in [0.3, 0.4) is 0 Å². The molecule has 1 aliphatic heterocycles. The molecular formula is C25H24IN3O2S2. The van der Waals surface area contributed by atoms with Gasteiger partial charge in [0, 0.05) is 25.7 Å². The molecule has 0 amide bonds. The van der Waals surface area contributed by atoms with Crippen LogP contribution in [0.4, 0.5) is 5.69 Å². The summed E-state index contributed by atoms with van der Waals surface area (Å²) in [5.74, 6) is 1.58. The molecule has 2 aromatic carbocycles. The van der Waals surface area contributed by atoms with Crippen LogP contribution < -0.4 is 52.9 Å². The molecule has 4 aromatic rings. The van der Waals surface area contributed by atoms with Crippen molar-refractivity contribution in [3.63, 3.8) is 0 Å². The van der Waals surface area contributed by atoms with Crippen LogP contribution in [-0.4, -0.2) is 11.1 Å². The number of halogens is 1. The lowest BCUT2D eigenvalue weighted by molar-refractivity contribution is -0.665. The van der Waals surface area contributed by atoms with Gasteiger partial charge in [0.2, 0.25) is 11.4 Å². The Morgan fingerprint density at radius 3 is 2.58 bits per heavy atom. The van der Waals surface area contributed by atoms with Gasteiger partial charge in [0.25, 0.3) is 9.75 Å². The van der Waals surface area contributed by atoms with Gasteiger partial charge in [-0.05, 0) is 38.1 Å². The summed E-state index contributed by atoms with van der Waals surface area (Å²) in [7, 11) is 1.94. The van der Waals surface area contributed by atoms with Crippen LogP contribution in [0.2, 0.25) is 0 Å². The number of nitrogens with zero attached hydrogens (tertiary/aromatic N) is 3. The summed E-state index contributed by atoms with van der Waals surface area (Å²) >= 11 is 3.02. The first kappa shape index (κ1) is 23.7. The maximum absolute atomic E-state index is 12.8. The van der Waals surface area contributed by atoms with Gasteiger partial charge in [-0.1, -0.05) is 46.9 Å². The first-order chi connectivity index (χ1) is 15.6. The second kappa shape index (κ2) is 9.82. The van der Waals surface area contributed by atoms with E-state index >= 15 is 0 Å². The molecule has 1 aliphatic rings. The van der Waals surface area contributed by atoms with E-state index in [1.807, 2.05) is 48.0 Å². The Morgan fingerprint density at radius 1 is 1.03 bits per heavy atom. The highest BCUT2D eigenvalue weighted by Crippen LogP contribution is 2.38. The van der Waals surface area contributed by atoms with Crippen molar-refractivity contribution in [2.24, 2.45) is 7.05 Å². The minimum absolute atomic E-state index is 0. The van der Waals surface area contributed by atoms with Gasteiger partial charge < -0.3 is 38.2 Å². The van der Waals surface area contributed by atoms with E-state index < -0.39 is 0 Å². The Hall–Kier alpha value is -2.43. The lowest BCUT2D eigenvalue weighted by Gasteiger charge is -2.14. The number of aryl methyl sites for hydroxylation is 1. The molecule has 0 N–H and O–H groups in total. The Labute approximate surface area is 217 Å². The summed E-state index contributed by atoms with van der Waals surface area (Å²) in [6.07, 6.45) is 5.87. The van der Waals surface area contributed by atoms with Crippen LogP contribution in [0.1, 0.15) is 18.9 Å². The summed E-state index contributed by atoms with van der Waals surface area (Å²) in [5.41, 5.74) is 2.27. The van der Waals surface area contributed by atoms with E-state index in [2.05, 4.69) is 53.7 Å². The number of aromatic nitrogens is 2. The molecule has 33 heavy (non-hydrogen) atoms. The van der Waals surface area contributed by atoms with E-state index in [4.69, 9.17) is 4.74 Å². The quantitative estimate of drug-likeness (QED) is 0.255. The van der Waals surface area contributed by atoms with Gasteiger partial charge in [0.1, 0.15) is 21.3 Å². The highest BCUT2D eigenvalue weighted by atomic mass is 127. The fourth-order valence-electron chi connectivity index (χ4n) is 4.02. The summed E-state index contributed by atoms with van der Waals surface area (Å²) in [5, 5.41) is 1.79. The zero-order valence-corrected chi connectivity index (χ0v) is 22.4. The van der Waals surface area contributed by atoms with Crippen LogP contribution in [0, 0.1) is 0 Å². The number of thiazole rings is 2. The molecule has 0 spiro atoms. The number of hydrogen-bond donors (Lipinski definition) is 0. The SMILES string of the molecule is CCN1/C(=C/C=c2/c(=O)s/c(=C\c3sc4ccccc4[n+]3CC)n2C)Oc2ccccc21.[I-]. The molecule has 8 heteroatoms. The molecule has 2 aromatic heterocycles. The van der Waals surface area contributed by atoms with E-state index in [9.17, 15) is 4.79 Å². The van der Waals surface area contributed by atoms with Crippen molar-refractivity contribution >= 4 is 50.7 Å². The van der Waals surface area contributed by atoms with Gasteiger partial charge in [0.05, 0.1) is 11.8 Å². The summed E-state index contributed by atoms with van der Waals surface area (Å²) in [6.45, 7) is 5.90. The molecule has 0 atom stereocenters. The standard InChI is InChI=1S/C25H24N3O2S2.HI/c1-4-27-17-10-6-8-12-20(17)30-22(27)15-14-19-25(29)32-23(26(19)3)16-24-28(5-2)18-11-7-9-13-21(18)31-24;/h6-16H,4-5H2,1-3H3;1H/q+1;/p-1/b19-14-,22-15-;. The van der Waals surface area contributed by atoms with Crippen molar-refractivity contribution in [2.75, 3.05) is 11.4 Å². The first-order valence-corrected chi connectivity index (χ1v) is 12.3. The van der Waals surface area contributed by atoms with Crippen LogP contribution in [0.15, 0.2) is 65.3 Å². The number of ether oxygens (including phenoxy) is 1. The zero-order valence-electron chi connectivity index (χ0n) is 18.6. The van der Waals surface area contributed by atoms with Crippen LogP contribution >= 0.6 is 22.7 Å². The third kappa shape index (κ3) is 4.27. The molecule has 0 saturated carbocycles. The smallest absolute Gasteiger partial charge is 0.265 e. The second-order valence-electron chi connectivity index (χ2n) is 7.45. The molecule has 0 fully saturated rings. The molecular weight excluding hydrogens is 565 g/mol. The molecule has 5 nitrogen and oxygen atoms in total. The molecule has 0 unspecified atom stereocenters. The fraction of sp³-hybridized carbons (Fsp3) is 0.200. The van der Waals surface area contributed by atoms with E-state index in [1.54, 1.807) is 11.3 Å². The molecule has 0 aliphatic carbocycles. The van der Waals surface area contributed by atoms with Gasteiger partial charge in [-0.15, -0.1) is 0 Å². The Kier molecular flexibility index (Phi) is 7.06. The average molecular weight is 590 g/mol. The van der Waals surface area contributed by atoms with E-state index in [0.29, 0.717) is 5.35 Å². The average Bonchev–Trinajstić information content (AvgIpc) is 3.43. The number of para-hydroxylation sites is 3. The summed E-state index contributed by atoms with van der Waals surface area (Å²) in [4.78, 5) is 14.9. The number of allylic oxidation sites excluding steroid dienone is 1. The van der Waals surface area contributed by atoms with E-state index in [-0.39, 0.29) is 28.7 Å². The molecule has 0 saturated heterocycles. The Bertz CT molecular complexity index is 1530. The van der Waals surface area contributed by atoms with E-state index in [0.717, 1.165) is 40.1 Å². The largest absolute Gasteiger partial charge is 1.00 e. The number of anilines is 1. The number of hydrogen-bond acceptors (Lipinski definition) is 5. The topological polar surface area (TPSA) is 38.4 Å². The van der Waals surface area contributed by atoms with Crippen LogP contribution in [0.25, 0.3) is 22.4 Å². The Morgan fingerprint density at radius 2 is 1.79 bits per heavy atom. The first-order valence-electron chi connectivity index (χ1n) is 10.7. The van der Waals surface area contributed by atoms with Crippen molar-refractivity contribution < 1.29 is 33.3 Å². The number of benzene rings is 2. The van der Waals surface area contributed by atoms with Crippen molar-refractivity contribution in [2.45, 2.75) is 20.4 Å². The molecule has 0 radical (unpaired) electrons. The predicted octanol–water partition coefficient (Wildman–Crippen LogP) is 0.343. The number of fused-ring (bicyclic) bond motifs is 2. The molecule has 3 heterocycles. The van der Waals surface area contributed by atoms with Crippen molar-refractivity contribution in [3.8, 4) is 5.75 Å². The monoisotopic (exact) mass is 589 g/mol. The fourth-order valence-corrected chi connectivity index (χ4v) is 6.17. The molecule has 0 bridgehead atoms. The second-order valence-corrected chi connectivity index (χ2v) is 9.51. The van der Waals surface area contributed by atoms with Gasteiger partial charge in [-0.2, -0.15) is 4.57 Å². The minimum Gasteiger partial charge on any atom is -1.00 e. The lowest BCUT2D eigenvalue weighted by atomic mass is 10.3. The minimum atomic E-state index is 0. The van der Waals surface area contributed by atoms with Crippen molar-refractivity contribution in [1.29, 1.82) is 0 Å². The van der Waals surface area contributed by atoms with E-state index in [1.165, 1.54) is 21.6 Å². The highest BCUT2D eigenvalue weighted by Gasteiger charge is 2.23. The van der Waals surface area contributed by atoms with Crippen LogP contribution in [-0.2, 0) is 13.6 Å². The Balaban J connectivity index is 0.00000259. The van der Waals surface area contributed by atoms with Gasteiger partial charge >= 0.3 is 0 Å². The van der Waals surface area contributed by atoms with Crippen molar-refractivity contribution in [1.82, 2.24) is 4.57 Å². The third-order valence-corrected chi connectivity index (χ3v) is 7.74. The third-order valence-electron chi connectivity index (χ3n) is 5.63. The maximum atomic E-state index is 12.8. The predicted molar refractivity (Wildman–Crippen MR) is 133 cm³/mol. The molecule has 170 valence electrons. The summed E-state index contributed by atoms with van der Waals surface area (Å²) in [6, 6.07) is 16.4. The van der Waals surface area contributed by atoms with Gasteiger partial charge in [-0.25, -0.2) is 0 Å². The number of rotatable bonds is 4. The highest BCUT2D eigenvalue weighted by molar-refractivity contribution is 7.19. The lowest BCUT2D eigenvalue weighted by Crippen LogP contribution is -3.00. The van der Waals surface area contributed by atoms with Crippen LogP contribution in [0.5, 0.6) is 5.75 Å². The van der Waals surface area contributed by atoms with Gasteiger partial charge in [-0.3, -0.25) is 4.79 Å². The van der Waals surface area contributed by atoms with Gasteiger partial charge in [0.15, 0.2) is 5.75 Å². The zero-order chi connectivity index (χ0) is 22.2. The molecule has 5 rings (SSSR count). The summed E-state index contributed by atoms with van der Waals surface area (Å²) < 4.78 is 12.5.